The maximum Gasteiger partial charge on any atom is 0.410 e. The maximum absolute atomic E-state index is 13.1. The summed E-state index contributed by atoms with van der Waals surface area (Å²) in [7, 11) is 0. The van der Waals surface area contributed by atoms with Gasteiger partial charge in [0.15, 0.2) is 0 Å². The van der Waals surface area contributed by atoms with E-state index in [9.17, 15) is 9.59 Å². The smallest absolute Gasteiger partial charge is 0.410 e. The number of carbonyl (C=O) groups excluding carboxylic acids is 2. The van der Waals surface area contributed by atoms with E-state index < -0.39 is 5.60 Å². The normalized spacial score (nSPS) is 24.4. The highest BCUT2D eigenvalue weighted by Gasteiger charge is 2.34. The third-order valence-corrected chi connectivity index (χ3v) is 7.38. The Kier molecular flexibility index (Phi) is 6.74. The Morgan fingerprint density at radius 3 is 2.67 bits per heavy atom. The summed E-state index contributed by atoms with van der Waals surface area (Å²) in [5, 5.41) is 2.61. The lowest BCUT2D eigenvalue weighted by Gasteiger charge is -2.35. The molecule has 2 atom stereocenters. The van der Waals surface area contributed by atoms with Gasteiger partial charge in [-0.1, -0.05) is 6.07 Å². The van der Waals surface area contributed by atoms with Gasteiger partial charge in [-0.2, -0.15) is 11.8 Å². The molecule has 0 N–H and O–H groups in total. The first-order valence-corrected chi connectivity index (χ1v) is 11.7. The second-order valence-electron chi connectivity index (χ2n) is 8.25. The minimum Gasteiger partial charge on any atom is -0.444 e. The molecular formula is C20H30N2O3S2. The van der Waals surface area contributed by atoms with Gasteiger partial charge in [-0.15, -0.1) is 11.3 Å². The van der Waals surface area contributed by atoms with Crippen molar-refractivity contribution in [2.75, 3.05) is 31.9 Å². The molecule has 1 aromatic heterocycles. The zero-order valence-corrected chi connectivity index (χ0v) is 18.1. The summed E-state index contributed by atoms with van der Waals surface area (Å²) in [5.41, 5.74) is -0.507. The number of ether oxygens (including phenoxy) is 1. The number of carbonyl (C=O) groups is 2. The van der Waals surface area contributed by atoms with Crippen LogP contribution in [0.3, 0.4) is 0 Å². The molecule has 0 radical (unpaired) electrons. The monoisotopic (exact) mass is 410 g/mol. The summed E-state index contributed by atoms with van der Waals surface area (Å²) in [4.78, 5) is 30.6. The Labute approximate surface area is 170 Å². The minimum atomic E-state index is -0.507. The van der Waals surface area contributed by atoms with E-state index in [-0.39, 0.29) is 17.9 Å². The van der Waals surface area contributed by atoms with Crippen LogP contribution in [0.25, 0.3) is 0 Å². The van der Waals surface area contributed by atoms with Crippen LogP contribution in [0.1, 0.15) is 50.2 Å². The number of thiophene rings is 1. The predicted octanol–water partition coefficient (Wildman–Crippen LogP) is 4.40. The molecule has 0 spiro atoms. The first-order chi connectivity index (χ1) is 12.8. The van der Waals surface area contributed by atoms with E-state index >= 15 is 0 Å². The highest BCUT2D eigenvalue weighted by atomic mass is 32.2. The molecule has 0 aliphatic carbocycles. The summed E-state index contributed by atoms with van der Waals surface area (Å²) >= 11 is 3.76. The van der Waals surface area contributed by atoms with Gasteiger partial charge in [0.25, 0.3) is 0 Å². The van der Waals surface area contributed by atoms with E-state index in [2.05, 4.69) is 17.5 Å². The van der Waals surface area contributed by atoms with Crippen LogP contribution in [-0.4, -0.2) is 59.3 Å². The van der Waals surface area contributed by atoms with Crippen LogP contribution in [0.4, 0.5) is 4.79 Å². The zero-order valence-electron chi connectivity index (χ0n) is 16.5. The van der Waals surface area contributed by atoms with Crippen molar-refractivity contribution in [3.05, 3.63) is 22.4 Å². The topological polar surface area (TPSA) is 49.9 Å². The second kappa shape index (κ2) is 8.86. The van der Waals surface area contributed by atoms with Crippen molar-refractivity contribution < 1.29 is 14.3 Å². The van der Waals surface area contributed by atoms with Gasteiger partial charge < -0.3 is 14.5 Å². The number of nitrogens with zero attached hydrogens (tertiary/aromatic N) is 2. The number of piperidine rings is 1. The molecule has 0 saturated carbocycles. The standard InChI is InChI=1S/C20H30N2O3S2/c1-20(2,3)25-19(24)22-9-4-6-15(14-22)18(23)21-10-8-17(27-13-11-21)16-7-5-12-26-16/h5,7,12,15,17H,4,6,8-11,13-14H2,1-3H3. The quantitative estimate of drug-likeness (QED) is 0.725. The number of amides is 2. The van der Waals surface area contributed by atoms with Gasteiger partial charge in [0, 0.05) is 42.1 Å². The number of rotatable bonds is 2. The van der Waals surface area contributed by atoms with Crippen molar-refractivity contribution in [2.24, 2.45) is 5.92 Å². The zero-order chi connectivity index (χ0) is 19.4. The molecule has 0 aromatic carbocycles. The van der Waals surface area contributed by atoms with Crippen LogP contribution in [0.15, 0.2) is 17.5 Å². The van der Waals surface area contributed by atoms with E-state index in [0.29, 0.717) is 18.3 Å². The average molecular weight is 411 g/mol. The van der Waals surface area contributed by atoms with Gasteiger partial charge in [-0.3, -0.25) is 4.79 Å². The molecule has 0 bridgehead atoms. The largest absolute Gasteiger partial charge is 0.444 e. The molecule has 150 valence electrons. The molecule has 2 saturated heterocycles. The van der Waals surface area contributed by atoms with Gasteiger partial charge in [0.1, 0.15) is 5.60 Å². The maximum atomic E-state index is 13.1. The van der Waals surface area contributed by atoms with E-state index in [0.717, 1.165) is 38.1 Å². The summed E-state index contributed by atoms with van der Waals surface area (Å²) in [6, 6.07) is 4.29. The van der Waals surface area contributed by atoms with Crippen LogP contribution < -0.4 is 0 Å². The molecule has 27 heavy (non-hydrogen) atoms. The first-order valence-electron chi connectivity index (χ1n) is 9.75. The van der Waals surface area contributed by atoms with E-state index in [1.807, 2.05) is 37.4 Å². The highest BCUT2D eigenvalue weighted by molar-refractivity contribution is 7.99. The fourth-order valence-electron chi connectivity index (χ4n) is 3.62. The van der Waals surface area contributed by atoms with Crippen molar-refractivity contribution in [1.82, 2.24) is 9.80 Å². The molecular weight excluding hydrogens is 380 g/mol. The predicted molar refractivity (Wildman–Crippen MR) is 111 cm³/mol. The molecule has 3 heterocycles. The molecule has 2 fully saturated rings. The molecule has 2 aliphatic rings. The summed E-state index contributed by atoms with van der Waals surface area (Å²) in [5.74, 6) is 1.07. The van der Waals surface area contributed by atoms with Gasteiger partial charge >= 0.3 is 6.09 Å². The van der Waals surface area contributed by atoms with Gasteiger partial charge in [-0.05, 0) is 51.5 Å². The van der Waals surface area contributed by atoms with Gasteiger partial charge in [0.05, 0.1) is 5.92 Å². The Morgan fingerprint density at radius 1 is 1.15 bits per heavy atom. The molecule has 5 nitrogen and oxygen atoms in total. The molecule has 3 rings (SSSR count). The first kappa shape index (κ1) is 20.5. The van der Waals surface area contributed by atoms with E-state index in [4.69, 9.17) is 4.74 Å². The van der Waals surface area contributed by atoms with E-state index in [1.54, 1.807) is 16.2 Å². The van der Waals surface area contributed by atoms with Crippen LogP contribution in [0, 0.1) is 5.92 Å². The van der Waals surface area contributed by atoms with Gasteiger partial charge in [0.2, 0.25) is 5.91 Å². The fraction of sp³-hybridized carbons (Fsp3) is 0.700. The number of thioether (sulfide) groups is 1. The Morgan fingerprint density at radius 2 is 1.96 bits per heavy atom. The SMILES string of the molecule is CC(C)(C)OC(=O)N1CCCC(C(=O)N2CCSC(c3cccs3)CC2)C1. The van der Waals surface area contributed by atoms with Crippen LogP contribution in [0.5, 0.6) is 0 Å². The number of hydrogen-bond acceptors (Lipinski definition) is 5. The third-order valence-electron chi connectivity index (χ3n) is 4.94. The van der Waals surface area contributed by atoms with Crippen molar-refractivity contribution in [3.8, 4) is 0 Å². The average Bonchev–Trinajstić information content (AvgIpc) is 3.04. The second-order valence-corrected chi connectivity index (χ2v) is 10.5. The third kappa shape index (κ3) is 5.64. The number of hydrogen-bond donors (Lipinski definition) is 0. The lowest BCUT2D eigenvalue weighted by molar-refractivity contribution is -0.136. The molecule has 7 heteroatoms. The molecule has 2 aliphatic heterocycles. The van der Waals surface area contributed by atoms with Crippen LogP contribution >= 0.6 is 23.1 Å². The van der Waals surface area contributed by atoms with Crippen LogP contribution in [-0.2, 0) is 9.53 Å². The molecule has 1 aromatic rings. The highest BCUT2D eigenvalue weighted by Crippen LogP contribution is 2.37. The lowest BCUT2D eigenvalue weighted by atomic mass is 9.96. The lowest BCUT2D eigenvalue weighted by Crippen LogP contribution is -2.48. The minimum absolute atomic E-state index is 0.102. The van der Waals surface area contributed by atoms with Crippen molar-refractivity contribution in [3.63, 3.8) is 0 Å². The summed E-state index contributed by atoms with van der Waals surface area (Å²) in [6.45, 7) is 8.37. The molecule has 2 unspecified atom stereocenters. The van der Waals surface area contributed by atoms with E-state index in [1.165, 1.54) is 4.88 Å². The van der Waals surface area contributed by atoms with Crippen molar-refractivity contribution in [2.45, 2.75) is 50.9 Å². The number of likely N-dealkylation sites (tertiary alicyclic amines) is 1. The van der Waals surface area contributed by atoms with Crippen LogP contribution in [0.2, 0.25) is 0 Å². The molecule has 2 amide bonds. The Hall–Kier alpha value is -1.21. The fourth-order valence-corrected chi connectivity index (χ4v) is 5.86. The Bertz CT molecular complexity index is 642. The summed E-state index contributed by atoms with van der Waals surface area (Å²) < 4.78 is 5.49. The summed E-state index contributed by atoms with van der Waals surface area (Å²) in [6.07, 6.45) is 2.41. The van der Waals surface area contributed by atoms with Crippen molar-refractivity contribution >= 4 is 35.1 Å². The van der Waals surface area contributed by atoms with Gasteiger partial charge in [-0.25, -0.2) is 4.79 Å². The Balaban J connectivity index is 1.56. The van der Waals surface area contributed by atoms with Crippen molar-refractivity contribution in [1.29, 1.82) is 0 Å².